The van der Waals surface area contributed by atoms with Crippen molar-refractivity contribution < 1.29 is 0 Å². The molecule has 0 saturated heterocycles. The van der Waals surface area contributed by atoms with Gasteiger partial charge in [0, 0.05) is 18.7 Å². The number of pyridine rings is 1. The van der Waals surface area contributed by atoms with Gasteiger partial charge < -0.3 is 5.73 Å². The van der Waals surface area contributed by atoms with Crippen LogP contribution in [0.2, 0.25) is 0 Å². The Morgan fingerprint density at radius 3 is 3.07 bits per heavy atom. The number of fused-ring (bicyclic) bond motifs is 1. The van der Waals surface area contributed by atoms with Gasteiger partial charge in [0.05, 0.1) is 5.01 Å². The summed E-state index contributed by atoms with van der Waals surface area (Å²) in [5.74, 6) is 0.384. The van der Waals surface area contributed by atoms with Crippen molar-refractivity contribution in [3.8, 4) is 0 Å². The van der Waals surface area contributed by atoms with Crippen LogP contribution in [0.1, 0.15) is 24.3 Å². The van der Waals surface area contributed by atoms with Gasteiger partial charge in [-0.1, -0.05) is 18.3 Å². The van der Waals surface area contributed by atoms with E-state index in [4.69, 9.17) is 5.73 Å². The molecule has 0 aliphatic heterocycles. The van der Waals surface area contributed by atoms with E-state index < -0.39 is 0 Å². The molecule has 0 saturated carbocycles. The third-order valence-corrected chi connectivity index (χ3v) is 3.45. The highest BCUT2D eigenvalue weighted by Crippen LogP contribution is 2.26. The Labute approximate surface area is 87.0 Å². The van der Waals surface area contributed by atoms with Crippen molar-refractivity contribution in [2.75, 3.05) is 6.54 Å². The number of hydrogen-bond acceptors (Lipinski definition) is 4. The van der Waals surface area contributed by atoms with Crippen molar-refractivity contribution in [3.05, 3.63) is 23.3 Å². The maximum absolute atomic E-state index is 5.68. The molecular formula is C10H13N3S. The highest BCUT2D eigenvalue weighted by Gasteiger charge is 2.12. The quantitative estimate of drug-likeness (QED) is 0.839. The van der Waals surface area contributed by atoms with E-state index >= 15 is 0 Å². The van der Waals surface area contributed by atoms with Gasteiger partial charge in [-0.05, 0) is 18.6 Å². The van der Waals surface area contributed by atoms with Gasteiger partial charge in [0.25, 0.3) is 0 Å². The van der Waals surface area contributed by atoms with E-state index in [0.29, 0.717) is 12.5 Å². The van der Waals surface area contributed by atoms with Crippen LogP contribution < -0.4 is 5.73 Å². The van der Waals surface area contributed by atoms with Crippen molar-refractivity contribution in [2.24, 2.45) is 5.73 Å². The summed E-state index contributed by atoms with van der Waals surface area (Å²) in [7, 11) is 0. The summed E-state index contributed by atoms with van der Waals surface area (Å²) in [5.41, 5.74) is 6.67. The van der Waals surface area contributed by atoms with Gasteiger partial charge in [0.1, 0.15) is 10.3 Å². The largest absolute Gasteiger partial charge is 0.330 e. The number of rotatable bonds is 3. The first-order valence-corrected chi connectivity index (χ1v) is 5.58. The Bertz CT molecular complexity index is 387. The van der Waals surface area contributed by atoms with Crippen molar-refractivity contribution >= 4 is 21.7 Å². The van der Waals surface area contributed by atoms with E-state index in [2.05, 4.69) is 16.9 Å². The zero-order valence-corrected chi connectivity index (χ0v) is 8.92. The summed E-state index contributed by atoms with van der Waals surface area (Å²) < 4.78 is 0. The Hall–Kier alpha value is -1.00. The average molecular weight is 207 g/mol. The van der Waals surface area contributed by atoms with Crippen molar-refractivity contribution in [1.29, 1.82) is 0 Å². The maximum Gasteiger partial charge on any atom is 0.143 e. The minimum absolute atomic E-state index is 0.384. The van der Waals surface area contributed by atoms with Crippen molar-refractivity contribution in [1.82, 2.24) is 9.97 Å². The molecule has 0 aliphatic carbocycles. The molecule has 0 bridgehead atoms. The molecule has 1 atom stereocenters. The fourth-order valence-electron chi connectivity index (χ4n) is 1.40. The maximum atomic E-state index is 5.68. The summed E-state index contributed by atoms with van der Waals surface area (Å²) >= 11 is 1.65. The van der Waals surface area contributed by atoms with Gasteiger partial charge in [-0.25, -0.2) is 9.97 Å². The second-order valence-electron chi connectivity index (χ2n) is 3.22. The molecule has 2 rings (SSSR count). The molecule has 1 unspecified atom stereocenters. The molecule has 0 spiro atoms. The SMILES string of the molecule is CCC(CN)c1nc2cccnc2s1. The first-order valence-electron chi connectivity index (χ1n) is 4.76. The van der Waals surface area contributed by atoms with E-state index in [1.807, 2.05) is 12.1 Å². The smallest absolute Gasteiger partial charge is 0.143 e. The van der Waals surface area contributed by atoms with Crippen LogP contribution >= 0.6 is 11.3 Å². The molecule has 0 radical (unpaired) electrons. The standard InChI is InChI=1S/C10H13N3S/c1-2-7(6-11)9-13-8-4-3-5-12-10(8)14-9/h3-5,7H,2,6,11H2,1H3. The number of thiazole rings is 1. The molecule has 4 heteroatoms. The molecule has 14 heavy (non-hydrogen) atoms. The lowest BCUT2D eigenvalue weighted by Crippen LogP contribution is -2.10. The topological polar surface area (TPSA) is 51.8 Å². The number of hydrogen-bond donors (Lipinski definition) is 1. The summed E-state index contributed by atoms with van der Waals surface area (Å²) in [6.45, 7) is 2.80. The van der Waals surface area contributed by atoms with E-state index in [9.17, 15) is 0 Å². The van der Waals surface area contributed by atoms with Gasteiger partial charge >= 0.3 is 0 Å². The molecule has 0 aliphatic rings. The van der Waals surface area contributed by atoms with Crippen molar-refractivity contribution in [2.45, 2.75) is 19.3 Å². The van der Waals surface area contributed by atoms with Gasteiger partial charge in [-0.2, -0.15) is 0 Å². The third kappa shape index (κ3) is 1.63. The summed E-state index contributed by atoms with van der Waals surface area (Å²) in [6.07, 6.45) is 2.84. The summed E-state index contributed by atoms with van der Waals surface area (Å²) in [4.78, 5) is 9.81. The molecule has 2 N–H and O–H groups in total. The van der Waals surface area contributed by atoms with Crippen LogP contribution in [0.5, 0.6) is 0 Å². The lowest BCUT2D eigenvalue weighted by Gasteiger charge is -2.06. The zero-order valence-electron chi connectivity index (χ0n) is 8.10. The van der Waals surface area contributed by atoms with Crippen LogP contribution in [0.25, 0.3) is 10.3 Å². The van der Waals surface area contributed by atoms with Crippen LogP contribution in [-0.2, 0) is 0 Å². The third-order valence-electron chi connectivity index (χ3n) is 2.31. The molecular weight excluding hydrogens is 194 g/mol. The summed E-state index contributed by atoms with van der Waals surface area (Å²) in [6, 6.07) is 3.90. The monoisotopic (exact) mass is 207 g/mol. The van der Waals surface area contributed by atoms with Crippen molar-refractivity contribution in [3.63, 3.8) is 0 Å². The first kappa shape index (κ1) is 9.55. The molecule has 2 aromatic rings. The minimum Gasteiger partial charge on any atom is -0.330 e. The number of nitrogens with zero attached hydrogens (tertiary/aromatic N) is 2. The van der Waals surface area contributed by atoms with Crippen LogP contribution in [0.3, 0.4) is 0 Å². The molecule has 0 fully saturated rings. The van der Waals surface area contributed by atoms with Gasteiger partial charge in [-0.3, -0.25) is 0 Å². The highest BCUT2D eigenvalue weighted by atomic mass is 32.1. The predicted octanol–water partition coefficient (Wildman–Crippen LogP) is 2.14. The van der Waals surface area contributed by atoms with E-state index in [1.54, 1.807) is 17.5 Å². The number of nitrogens with two attached hydrogens (primary N) is 1. The molecule has 74 valence electrons. The lowest BCUT2D eigenvalue weighted by molar-refractivity contribution is 0.671. The predicted molar refractivity (Wildman–Crippen MR) is 59.5 cm³/mol. The van der Waals surface area contributed by atoms with Crippen LogP contribution in [-0.4, -0.2) is 16.5 Å². The van der Waals surface area contributed by atoms with Crippen LogP contribution in [0.4, 0.5) is 0 Å². The molecule has 2 heterocycles. The Kier molecular flexibility index (Phi) is 2.74. The first-order chi connectivity index (χ1) is 6.85. The second-order valence-corrected chi connectivity index (χ2v) is 4.23. The van der Waals surface area contributed by atoms with Gasteiger partial charge in [-0.15, -0.1) is 0 Å². The Balaban J connectivity index is 2.43. The molecule has 0 aromatic carbocycles. The number of aromatic nitrogens is 2. The molecule has 3 nitrogen and oxygen atoms in total. The second kappa shape index (κ2) is 4.02. The normalized spacial score (nSPS) is 13.3. The average Bonchev–Trinajstić information content (AvgIpc) is 2.63. The van der Waals surface area contributed by atoms with E-state index in [1.165, 1.54) is 0 Å². The van der Waals surface area contributed by atoms with Crippen LogP contribution in [0, 0.1) is 0 Å². The lowest BCUT2D eigenvalue weighted by atomic mass is 10.1. The summed E-state index contributed by atoms with van der Waals surface area (Å²) in [5, 5.41) is 1.11. The highest BCUT2D eigenvalue weighted by molar-refractivity contribution is 7.18. The molecule has 2 aromatic heterocycles. The minimum atomic E-state index is 0.384. The van der Waals surface area contributed by atoms with E-state index in [0.717, 1.165) is 21.8 Å². The fraction of sp³-hybridized carbons (Fsp3) is 0.400. The van der Waals surface area contributed by atoms with E-state index in [-0.39, 0.29) is 0 Å². The van der Waals surface area contributed by atoms with Gasteiger partial charge in [0.15, 0.2) is 0 Å². The van der Waals surface area contributed by atoms with Gasteiger partial charge in [0.2, 0.25) is 0 Å². The molecule has 0 amide bonds. The Morgan fingerprint density at radius 2 is 2.43 bits per heavy atom. The zero-order chi connectivity index (χ0) is 9.97. The Morgan fingerprint density at radius 1 is 1.57 bits per heavy atom. The fourth-order valence-corrected chi connectivity index (χ4v) is 2.51. The van der Waals surface area contributed by atoms with Crippen LogP contribution in [0.15, 0.2) is 18.3 Å².